The maximum absolute atomic E-state index is 13.1. The van der Waals surface area contributed by atoms with E-state index in [1.807, 2.05) is 47.5 Å². The molecule has 0 aliphatic carbocycles. The van der Waals surface area contributed by atoms with Gasteiger partial charge < -0.3 is 9.80 Å². The van der Waals surface area contributed by atoms with E-state index in [0.717, 1.165) is 57.7 Å². The normalized spacial score (nSPS) is 21.1. The van der Waals surface area contributed by atoms with Crippen molar-refractivity contribution in [2.24, 2.45) is 5.92 Å². The molecular weight excluding hydrogens is 370 g/mol. The second kappa shape index (κ2) is 9.79. The van der Waals surface area contributed by atoms with Gasteiger partial charge in [0.1, 0.15) is 0 Å². The Hall–Kier alpha value is -1.53. The third-order valence-electron chi connectivity index (χ3n) is 5.92. The Morgan fingerprint density at radius 3 is 2.43 bits per heavy atom. The minimum absolute atomic E-state index is 0.113. The summed E-state index contributed by atoms with van der Waals surface area (Å²) in [4.78, 5) is 33.0. The molecule has 0 radical (unpaired) electrons. The second-order valence-electron chi connectivity index (χ2n) is 7.79. The van der Waals surface area contributed by atoms with Gasteiger partial charge in [-0.15, -0.1) is 11.8 Å². The summed E-state index contributed by atoms with van der Waals surface area (Å²) in [6.45, 7) is 10.7. The molecule has 1 unspecified atom stereocenters. The number of rotatable bonds is 5. The number of hydrogen-bond donors (Lipinski definition) is 0. The number of amides is 2. The Balaban J connectivity index is 1.58. The zero-order valence-corrected chi connectivity index (χ0v) is 18.2. The fourth-order valence-electron chi connectivity index (χ4n) is 4.15. The van der Waals surface area contributed by atoms with Gasteiger partial charge in [0.15, 0.2) is 0 Å². The van der Waals surface area contributed by atoms with Gasteiger partial charge in [0.05, 0.1) is 12.2 Å². The molecule has 0 spiro atoms. The number of thioether (sulfide) groups is 1. The van der Waals surface area contributed by atoms with Crippen molar-refractivity contribution in [3.63, 3.8) is 0 Å². The van der Waals surface area contributed by atoms with E-state index in [9.17, 15) is 9.59 Å². The third kappa shape index (κ3) is 4.90. The zero-order chi connectivity index (χ0) is 20.1. The molecule has 154 valence electrons. The molecule has 6 heteroatoms. The molecule has 1 aromatic rings. The van der Waals surface area contributed by atoms with E-state index in [1.54, 1.807) is 0 Å². The Bertz CT molecular complexity index is 684. The SMILES string of the molecule is CCN(CC)C(=O)C1CCN(CC(=O)N2CCC(C)Sc3ccccc32)CC1. The lowest BCUT2D eigenvalue weighted by atomic mass is 9.95. The minimum atomic E-state index is 0.113. The number of carbonyl (C=O) groups excluding carboxylic acids is 2. The summed E-state index contributed by atoms with van der Waals surface area (Å²) in [5.74, 6) is 0.571. The number of benzene rings is 1. The molecule has 5 nitrogen and oxygen atoms in total. The lowest BCUT2D eigenvalue weighted by Crippen LogP contribution is -2.46. The average Bonchev–Trinajstić information content (AvgIpc) is 2.87. The Kier molecular flexibility index (Phi) is 7.41. The molecule has 2 aliphatic rings. The molecule has 1 fully saturated rings. The highest BCUT2D eigenvalue weighted by molar-refractivity contribution is 8.00. The minimum Gasteiger partial charge on any atom is -0.343 e. The van der Waals surface area contributed by atoms with Gasteiger partial charge in [-0.2, -0.15) is 0 Å². The van der Waals surface area contributed by atoms with Crippen LogP contribution in [0.2, 0.25) is 0 Å². The van der Waals surface area contributed by atoms with Crippen molar-refractivity contribution >= 4 is 29.3 Å². The summed E-state index contributed by atoms with van der Waals surface area (Å²) < 4.78 is 0. The van der Waals surface area contributed by atoms with Gasteiger partial charge in [0.25, 0.3) is 0 Å². The monoisotopic (exact) mass is 403 g/mol. The van der Waals surface area contributed by atoms with Gasteiger partial charge in [-0.1, -0.05) is 19.1 Å². The van der Waals surface area contributed by atoms with Crippen LogP contribution in [-0.2, 0) is 9.59 Å². The number of nitrogens with zero attached hydrogens (tertiary/aromatic N) is 3. The van der Waals surface area contributed by atoms with Gasteiger partial charge in [0, 0.05) is 35.7 Å². The molecule has 1 atom stereocenters. The van der Waals surface area contributed by atoms with E-state index in [2.05, 4.69) is 24.0 Å². The summed E-state index contributed by atoms with van der Waals surface area (Å²) in [6.07, 6.45) is 2.71. The lowest BCUT2D eigenvalue weighted by molar-refractivity contribution is -0.136. The van der Waals surface area contributed by atoms with Crippen LogP contribution in [0.15, 0.2) is 29.2 Å². The summed E-state index contributed by atoms with van der Waals surface area (Å²) in [5, 5.41) is 0.515. The highest BCUT2D eigenvalue weighted by Gasteiger charge is 2.30. The molecule has 0 bridgehead atoms. The highest BCUT2D eigenvalue weighted by atomic mass is 32.2. The fourth-order valence-corrected chi connectivity index (χ4v) is 5.27. The van der Waals surface area contributed by atoms with E-state index in [0.29, 0.717) is 11.8 Å². The molecule has 28 heavy (non-hydrogen) atoms. The van der Waals surface area contributed by atoms with Crippen LogP contribution in [0.25, 0.3) is 0 Å². The smallest absolute Gasteiger partial charge is 0.241 e. The van der Waals surface area contributed by atoms with E-state index in [1.165, 1.54) is 4.90 Å². The van der Waals surface area contributed by atoms with Crippen molar-refractivity contribution in [1.29, 1.82) is 0 Å². The van der Waals surface area contributed by atoms with Crippen molar-refractivity contribution in [3.8, 4) is 0 Å². The highest BCUT2D eigenvalue weighted by Crippen LogP contribution is 2.37. The molecule has 1 aromatic carbocycles. The van der Waals surface area contributed by atoms with Crippen molar-refractivity contribution in [3.05, 3.63) is 24.3 Å². The number of carbonyl (C=O) groups is 2. The van der Waals surface area contributed by atoms with Gasteiger partial charge in [0.2, 0.25) is 11.8 Å². The maximum Gasteiger partial charge on any atom is 0.241 e. The number of fused-ring (bicyclic) bond motifs is 1. The molecule has 0 saturated carbocycles. The standard InChI is InChI=1S/C22H33N3O2S/c1-4-24(5-2)22(27)18-11-13-23(14-12-18)16-21(26)25-15-10-17(3)28-20-9-7-6-8-19(20)25/h6-9,17-18H,4-5,10-16H2,1-3H3. The van der Waals surface area contributed by atoms with Crippen LogP contribution in [0, 0.1) is 5.92 Å². The molecular formula is C22H33N3O2S. The summed E-state index contributed by atoms with van der Waals surface area (Å²) in [5.41, 5.74) is 1.05. The summed E-state index contributed by atoms with van der Waals surface area (Å²) in [6, 6.07) is 8.24. The van der Waals surface area contributed by atoms with Crippen LogP contribution in [-0.4, -0.2) is 66.1 Å². The van der Waals surface area contributed by atoms with Crippen LogP contribution < -0.4 is 4.90 Å². The zero-order valence-electron chi connectivity index (χ0n) is 17.4. The Morgan fingerprint density at radius 1 is 1.07 bits per heavy atom. The molecule has 3 rings (SSSR count). The predicted molar refractivity (Wildman–Crippen MR) is 116 cm³/mol. The summed E-state index contributed by atoms with van der Waals surface area (Å²) in [7, 11) is 0. The lowest BCUT2D eigenvalue weighted by Gasteiger charge is -2.34. The number of para-hydroxylation sites is 1. The molecule has 0 aromatic heterocycles. The van der Waals surface area contributed by atoms with Crippen molar-refractivity contribution in [1.82, 2.24) is 9.80 Å². The molecule has 2 heterocycles. The van der Waals surface area contributed by atoms with Gasteiger partial charge in [-0.25, -0.2) is 0 Å². The van der Waals surface area contributed by atoms with Gasteiger partial charge in [-0.3, -0.25) is 14.5 Å². The number of likely N-dealkylation sites (tertiary alicyclic amines) is 1. The first kappa shape index (κ1) is 21.2. The van der Waals surface area contributed by atoms with Crippen LogP contribution in [0.5, 0.6) is 0 Å². The fraction of sp³-hybridized carbons (Fsp3) is 0.636. The third-order valence-corrected chi connectivity index (χ3v) is 7.15. The first-order chi connectivity index (χ1) is 13.5. The van der Waals surface area contributed by atoms with Crippen molar-refractivity contribution < 1.29 is 9.59 Å². The maximum atomic E-state index is 13.1. The van der Waals surface area contributed by atoms with Crippen LogP contribution in [0.1, 0.15) is 40.0 Å². The second-order valence-corrected chi connectivity index (χ2v) is 9.27. The van der Waals surface area contributed by atoms with Gasteiger partial charge >= 0.3 is 0 Å². The molecule has 2 aliphatic heterocycles. The summed E-state index contributed by atoms with van der Waals surface area (Å²) >= 11 is 1.86. The largest absolute Gasteiger partial charge is 0.343 e. The molecule has 1 saturated heterocycles. The van der Waals surface area contributed by atoms with Crippen LogP contribution in [0.4, 0.5) is 5.69 Å². The van der Waals surface area contributed by atoms with E-state index >= 15 is 0 Å². The van der Waals surface area contributed by atoms with Crippen molar-refractivity contribution in [2.75, 3.05) is 44.2 Å². The number of hydrogen-bond acceptors (Lipinski definition) is 4. The van der Waals surface area contributed by atoms with E-state index in [4.69, 9.17) is 0 Å². The predicted octanol–water partition coefficient (Wildman–Crippen LogP) is 3.48. The van der Waals surface area contributed by atoms with Gasteiger partial charge in [-0.05, 0) is 58.3 Å². The molecule has 0 N–H and O–H groups in total. The Morgan fingerprint density at radius 2 is 1.75 bits per heavy atom. The first-order valence-electron chi connectivity index (χ1n) is 10.6. The number of piperidine rings is 1. The quantitative estimate of drug-likeness (QED) is 0.755. The molecule has 2 amide bonds. The Labute approximate surface area is 173 Å². The topological polar surface area (TPSA) is 43.9 Å². The van der Waals surface area contributed by atoms with E-state index < -0.39 is 0 Å². The van der Waals surface area contributed by atoms with Crippen LogP contribution in [0.3, 0.4) is 0 Å². The first-order valence-corrected chi connectivity index (χ1v) is 11.5. The van der Waals surface area contributed by atoms with E-state index in [-0.39, 0.29) is 17.7 Å². The average molecular weight is 404 g/mol. The van der Waals surface area contributed by atoms with Crippen molar-refractivity contribution in [2.45, 2.75) is 50.2 Å². The van der Waals surface area contributed by atoms with Crippen LogP contribution >= 0.6 is 11.8 Å². The number of anilines is 1.